The summed E-state index contributed by atoms with van der Waals surface area (Å²) in [4.78, 5) is 15.1. The molecule has 0 bridgehead atoms. The summed E-state index contributed by atoms with van der Waals surface area (Å²) in [7, 11) is 0. The molecule has 6 heteroatoms. The van der Waals surface area contributed by atoms with Gasteiger partial charge in [-0.15, -0.1) is 5.10 Å². The third kappa shape index (κ3) is 4.31. The van der Waals surface area contributed by atoms with E-state index in [0.29, 0.717) is 17.5 Å². The first-order chi connectivity index (χ1) is 14.1. The largest absolute Gasteiger partial charge is 0.405 e. The van der Waals surface area contributed by atoms with Gasteiger partial charge in [0.05, 0.1) is 0 Å². The number of carbonyl (C=O) groups excluding carboxylic acids is 1. The molecule has 1 atom stereocenters. The summed E-state index contributed by atoms with van der Waals surface area (Å²) >= 11 is 0. The van der Waals surface area contributed by atoms with Gasteiger partial charge >= 0.3 is 6.01 Å². The fourth-order valence-electron chi connectivity index (χ4n) is 3.59. The molecule has 4 rings (SSSR count). The monoisotopic (exact) mass is 390 g/mol. The van der Waals surface area contributed by atoms with Gasteiger partial charge in [0.15, 0.2) is 0 Å². The summed E-state index contributed by atoms with van der Waals surface area (Å²) in [6, 6.07) is 15.5. The Bertz CT molecular complexity index is 978. The van der Waals surface area contributed by atoms with Crippen LogP contribution in [0.1, 0.15) is 58.2 Å². The number of aromatic nitrogens is 2. The zero-order valence-electron chi connectivity index (χ0n) is 16.9. The van der Waals surface area contributed by atoms with Crippen LogP contribution in [-0.4, -0.2) is 29.2 Å². The smallest absolute Gasteiger partial charge is 0.318 e. The van der Waals surface area contributed by atoms with E-state index in [1.807, 2.05) is 62.4 Å². The average molecular weight is 390 g/mol. The van der Waals surface area contributed by atoms with E-state index in [1.54, 1.807) is 0 Å². The Hall–Kier alpha value is -3.15. The average Bonchev–Trinajstić information content (AvgIpc) is 3.25. The molecular weight excluding hydrogens is 364 g/mol. The van der Waals surface area contributed by atoms with Crippen LogP contribution in [0.2, 0.25) is 0 Å². The third-order valence-electron chi connectivity index (χ3n) is 5.48. The fraction of sp³-hybridized carbons (Fsp3) is 0.348. The van der Waals surface area contributed by atoms with Crippen LogP contribution in [0, 0.1) is 13.8 Å². The van der Waals surface area contributed by atoms with E-state index in [9.17, 15) is 4.79 Å². The predicted octanol–water partition coefficient (Wildman–Crippen LogP) is 4.20. The molecule has 2 heterocycles. The van der Waals surface area contributed by atoms with E-state index < -0.39 is 6.04 Å². The molecule has 3 aromatic rings. The van der Waals surface area contributed by atoms with Gasteiger partial charge in [-0.1, -0.05) is 41.5 Å². The second-order valence-electron chi connectivity index (χ2n) is 7.59. The lowest BCUT2D eigenvalue weighted by Gasteiger charge is -2.24. The lowest BCUT2D eigenvalue weighted by atomic mass is 10.0. The van der Waals surface area contributed by atoms with E-state index in [0.717, 1.165) is 42.6 Å². The molecule has 1 amide bonds. The minimum absolute atomic E-state index is 0.167. The van der Waals surface area contributed by atoms with Crippen molar-refractivity contribution in [3.05, 3.63) is 76.7 Å². The zero-order valence-corrected chi connectivity index (χ0v) is 16.9. The Morgan fingerprint density at radius 1 is 1.00 bits per heavy atom. The van der Waals surface area contributed by atoms with Crippen molar-refractivity contribution in [1.29, 1.82) is 0 Å². The summed E-state index contributed by atoms with van der Waals surface area (Å²) in [5.41, 5.74) is 3.76. The second-order valence-corrected chi connectivity index (χ2v) is 7.59. The summed E-state index contributed by atoms with van der Waals surface area (Å²) in [6.45, 7) is 5.88. The molecule has 1 saturated heterocycles. The number of hydrogen-bond donors (Lipinski definition) is 1. The normalized spacial score (nSPS) is 15.2. The standard InChI is InChI=1S/C23H26N4O2/c1-16-11-12-19(15-17(16)2)21(28)24-20(18-9-5-3-6-10-18)22-25-26-23(29-22)27-13-7-4-8-14-27/h3,5-6,9-12,15,20H,4,7-8,13-14H2,1-2H3,(H,24,28). The molecule has 2 aromatic carbocycles. The number of carbonyl (C=O) groups is 1. The first kappa shape index (κ1) is 19.2. The molecule has 150 valence electrons. The summed E-state index contributed by atoms with van der Waals surface area (Å²) in [5.74, 6) is 0.230. The lowest BCUT2D eigenvalue weighted by Crippen LogP contribution is -2.30. The van der Waals surface area contributed by atoms with Crippen LogP contribution in [0.15, 0.2) is 52.9 Å². The van der Waals surface area contributed by atoms with Crippen molar-refractivity contribution in [3.8, 4) is 0 Å². The van der Waals surface area contributed by atoms with Crippen LogP contribution in [0.3, 0.4) is 0 Å². The van der Waals surface area contributed by atoms with Crippen molar-refractivity contribution in [3.63, 3.8) is 0 Å². The number of amides is 1. The number of benzene rings is 2. The van der Waals surface area contributed by atoms with Crippen molar-refractivity contribution in [2.24, 2.45) is 0 Å². The molecule has 0 spiro atoms. The van der Waals surface area contributed by atoms with E-state index in [2.05, 4.69) is 20.4 Å². The van der Waals surface area contributed by atoms with Crippen LogP contribution < -0.4 is 10.2 Å². The van der Waals surface area contributed by atoms with Crippen LogP contribution in [0.5, 0.6) is 0 Å². The van der Waals surface area contributed by atoms with Gasteiger partial charge in [-0.3, -0.25) is 4.79 Å². The molecule has 1 aliphatic rings. The number of nitrogens with zero attached hydrogens (tertiary/aromatic N) is 3. The predicted molar refractivity (Wildman–Crippen MR) is 112 cm³/mol. The molecule has 1 aliphatic heterocycles. The quantitative estimate of drug-likeness (QED) is 0.707. The first-order valence-corrected chi connectivity index (χ1v) is 10.1. The molecule has 1 N–H and O–H groups in total. The number of nitrogens with one attached hydrogen (secondary N) is 1. The minimum Gasteiger partial charge on any atom is -0.405 e. The number of rotatable bonds is 5. The number of anilines is 1. The summed E-state index contributed by atoms with van der Waals surface area (Å²) in [6.07, 6.45) is 3.49. The molecule has 0 saturated carbocycles. The molecule has 1 aromatic heterocycles. The van der Waals surface area contributed by atoms with Crippen molar-refractivity contribution in [1.82, 2.24) is 15.5 Å². The molecule has 1 unspecified atom stereocenters. The van der Waals surface area contributed by atoms with Gasteiger partial charge in [0.1, 0.15) is 6.04 Å². The van der Waals surface area contributed by atoms with Crippen molar-refractivity contribution in [2.45, 2.75) is 39.2 Å². The van der Waals surface area contributed by atoms with Gasteiger partial charge in [0, 0.05) is 18.7 Å². The van der Waals surface area contributed by atoms with Gasteiger partial charge in [-0.25, -0.2) is 0 Å². The van der Waals surface area contributed by atoms with Crippen LogP contribution in [0.4, 0.5) is 6.01 Å². The third-order valence-corrected chi connectivity index (χ3v) is 5.48. The Morgan fingerprint density at radius 2 is 1.76 bits per heavy atom. The maximum absolute atomic E-state index is 13.0. The summed E-state index contributed by atoms with van der Waals surface area (Å²) < 4.78 is 6.01. The Kier molecular flexibility index (Phi) is 5.60. The van der Waals surface area contributed by atoms with E-state index in [-0.39, 0.29) is 5.91 Å². The molecule has 0 aliphatic carbocycles. The van der Waals surface area contributed by atoms with Crippen LogP contribution in [-0.2, 0) is 0 Å². The first-order valence-electron chi connectivity index (χ1n) is 10.1. The Morgan fingerprint density at radius 3 is 2.48 bits per heavy atom. The number of aryl methyl sites for hydroxylation is 2. The van der Waals surface area contributed by atoms with Gasteiger partial charge in [0.25, 0.3) is 5.91 Å². The Balaban J connectivity index is 1.61. The maximum atomic E-state index is 13.0. The highest BCUT2D eigenvalue weighted by atomic mass is 16.4. The summed E-state index contributed by atoms with van der Waals surface area (Å²) in [5, 5.41) is 11.6. The van der Waals surface area contributed by atoms with Gasteiger partial charge in [0.2, 0.25) is 5.89 Å². The molecule has 0 radical (unpaired) electrons. The topological polar surface area (TPSA) is 71.3 Å². The lowest BCUT2D eigenvalue weighted by molar-refractivity contribution is 0.0938. The van der Waals surface area contributed by atoms with Gasteiger partial charge in [-0.05, 0) is 61.9 Å². The van der Waals surface area contributed by atoms with Crippen molar-refractivity contribution in [2.75, 3.05) is 18.0 Å². The zero-order chi connectivity index (χ0) is 20.2. The molecule has 1 fully saturated rings. The maximum Gasteiger partial charge on any atom is 0.318 e. The SMILES string of the molecule is Cc1ccc(C(=O)NC(c2ccccc2)c2nnc(N3CCCCC3)o2)cc1C. The molecule has 29 heavy (non-hydrogen) atoms. The number of piperidine rings is 1. The van der Waals surface area contributed by atoms with E-state index in [1.165, 1.54) is 6.42 Å². The van der Waals surface area contributed by atoms with Crippen molar-refractivity contribution >= 4 is 11.9 Å². The van der Waals surface area contributed by atoms with Crippen LogP contribution in [0.25, 0.3) is 0 Å². The molecule has 6 nitrogen and oxygen atoms in total. The highest BCUT2D eigenvalue weighted by molar-refractivity contribution is 5.94. The second kappa shape index (κ2) is 8.47. The molecular formula is C23H26N4O2. The van der Waals surface area contributed by atoms with Crippen molar-refractivity contribution < 1.29 is 9.21 Å². The minimum atomic E-state index is -0.503. The van der Waals surface area contributed by atoms with Gasteiger partial charge < -0.3 is 14.6 Å². The van der Waals surface area contributed by atoms with Crippen LogP contribution >= 0.6 is 0 Å². The van der Waals surface area contributed by atoms with E-state index >= 15 is 0 Å². The number of hydrogen-bond acceptors (Lipinski definition) is 5. The highest BCUT2D eigenvalue weighted by Gasteiger charge is 2.25. The highest BCUT2D eigenvalue weighted by Crippen LogP contribution is 2.26. The van der Waals surface area contributed by atoms with Gasteiger partial charge in [-0.2, -0.15) is 0 Å². The fourth-order valence-corrected chi connectivity index (χ4v) is 3.59. The van der Waals surface area contributed by atoms with E-state index in [4.69, 9.17) is 4.42 Å². The Labute approximate surface area is 170 Å².